The van der Waals surface area contributed by atoms with Gasteiger partial charge in [-0.2, -0.15) is 5.10 Å². The van der Waals surface area contributed by atoms with Gasteiger partial charge >= 0.3 is 0 Å². The van der Waals surface area contributed by atoms with Crippen molar-refractivity contribution < 1.29 is 4.39 Å². The highest BCUT2D eigenvalue weighted by Crippen LogP contribution is 2.37. The third-order valence-corrected chi connectivity index (χ3v) is 5.22. The van der Waals surface area contributed by atoms with Gasteiger partial charge in [-0.1, -0.05) is 30.7 Å². The van der Waals surface area contributed by atoms with Gasteiger partial charge in [0.15, 0.2) is 0 Å². The molecule has 0 saturated carbocycles. The van der Waals surface area contributed by atoms with Crippen LogP contribution in [0.15, 0.2) is 42.5 Å². The van der Waals surface area contributed by atoms with E-state index in [0.29, 0.717) is 5.02 Å². The number of aryl methyl sites for hydroxylation is 1. The molecule has 2 heterocycles. The van der Waals surface area contributed by atoms with Crippen LogP contribution < -0.4 is 5.32 Å². The number of anilines is 1. The van der Waals surface area contributed by atoms with E-state index in [4.69, 9.17) is 16.7 Å². The number of rotatable bonds is 3. The molecular weight excluding hydrogens is 349 g/mol. The molecule has 5 heteroatoms. The molecule has 0 spiro atoms. The molecule has 1 aliphatic rings. The maximum Gasteiger partial charge on any atom is 0.133 e. The van der Waals surface area contributed by atoms with Gasteiger partial charge in [0, 0.05) is 17.7 Å². The number of nitrogens with one attached hydrogen (secondary N) is 1. The minimum absolute atomic E-state index is 0.336. The second-order valence-electron chi connectivity index (χ2n) is 6.62. The Labute approximate surface area is 157 Å². The van der Waals surface area contributed by atoms with Gasteiger partial charge in [-0.15, -0.1) is 0 Å². The molecule has 0 amide bonds. The summed E-state index contributed by atoms with van der Waals surface area (Å²) in [5.74, 6) is 0.680. The molecule has 0 unspecified atom stereocenters. The minimum atomic E-state index is -0.336. The van der Waals surface area contributed by atoms with Crippen LogP contribution in [-0.2, 0) is 12.8 Å². The Kier molecular flexibility index (Phi) is 4.68. The van der Waals surface area contributed by atoms with E-state index < -0.39 is 0 Å². The van der Waals surface area contributed by atoms with Crippen LogP contribution in [0.3, 0.4) is 0 Å². The quantitative estimate of drug-likeness (QED) is 0.647. The van der Waals surface area contributed by atoms with Gasteiger partial charge in [0.1, 0.15) is 11.6 Å². The molecule has 4 rings (SSSR count). The van der Waals surface area contributed by atoms with Gasteiger partial charge < -0.3 is 5.32 Å². The summed E-state index contributed by atoms with van der Waals surface area (Å²) < 4.78 is 15.4. The van der Waals surface area contributed by atoms with Crippen molar-refractivity contribution in [1.29, 1.82) is 0 Å². The molecule has 1 aromatic heterocycles. The maximum atomic E-state index is 13.5. The molecule has 0 radical (unpaired) electrons. The Hall–Kier alpha value is -2.33. The average molecular weight is 370 g/mol. The Morgan fingerprint density at radius 2 is 1.96 bits per heavy atom. The first-order chi connectivity index (χ1) is 12.7. The van der Waals surface area contributed by atoms with Crippen LogP contribution in [0, 0.1) is 5.82 Å². The van der Waals surface area contributed by atoms with Crippen molar-refractivity contribution in [3.8, 4) is 16.9 Å². The Balaban J connectivity index is 1.88. The molecule has 0 saturated heterocycles. The van der Waals surface area contributed by atoms with Crippen LogP contribution >= 0.6 is 11.6 Å². The zero-order valence-electron chi connectivity index (χ0n) is 14.7. The zero-order chi connectivity index (χ0) is 18.1. The molecule has 1 aliphatic heterocycles. The van der Waals surface area contributed by atoms with Gasteiger partial charge in [-0.25, -0.2) is 9.07 Å². The molecule has 26 heavy (non-hydrogen) atoms. The number of halogens is 2. The highest BCUT2D eigenvalue weighted by atomic mass is 35.5. The molecule has 0 atom stereocenters. The Morgan fingerprint density at radius 3 is 2.69 bits per heavy atom. The summed E-state index contributed by atoms with van der Waals surface area (Å²) in [6.45, 7) is 3.06. The number of aromatic nitrogens is 2. The molecule has 1 N–H and O–H groups in total. The summed E-state index contributed by atoms with van der Waals surface area (Å²) in [5.41, 5.74) is 5.06. The predicted octanol–water partition coefficient (Wildman–Crippen LogP) is 5.64. The van der Waals surface area contributed by atoms with Crippen LogP contribution in [0.2, 0.25) is 5.02 Å². The fourth-order valence-corrected chi connectivity index (χ4v) is 3.72. The molecule has 0 fully saturated rings. The summed E-state index contributed by atoms with van der Waals surface area (Å²) in [5, 5.41) is 8.78. The first kappa shape index (κ1) is 17.1. The van der Waals surface area contributed by atoms with Crippen molar-refractivity contribution in [2.75, 3.05) is 11.9 Å². The monoisotopic (exact) mass is 369 g/mol. The number of nitrogens with zero attached hydrogens (tertiary/aromatic N) is 2. The molecule has 0 bridgehead atoms. The Bertz CT molecular complexity index is 931. The fourth-order valence-electron chi connectivity index (χ4n) is 3.46. The second-order valence-corrected chi connectivity index (χ2v) is 7.02. The van der Waals surface area contributed by atoms with E-state index in [1.807, 2.05) is 4.68 Å². The Morgan fingerprint density at radius 1 is 1.15 bits per heavy atom. The van der Waals surface area contributed by atoms with Crippen molar-refractivity contribution in [3.05, 3.63) is 64.4 Å². The lowest BCUT2D eigenvalue weighted by Gasteiger charge is -2.09. The third kappa shape index (κ3) is 3.10. The van der Waals surface area contributed by atoms with E-state index >= 15 is 0 Å². The second kappa shape index (κ2) is 7.12. The number of hydrogen-bond donors (Lipinski definition) is 1. The average Bonchev–Trinajstić information content (AvgIpc) is 2.83. The van der Waals surface area contributed by atoms with Crippen LogP contribution in [0.1, 0.15) is 30.9 Å². The molecule has 134 valence electrons. The van der Waals surface area contributed by atoms with Crippen LogP contribution in [-0.4, -0.2) is 16.3 Å². The molecular formula is C21H21ClFN3. The van der Waals surface area contributed by atoms with Gasteiger partial charge in [0.25, 0.3) is 0 Å². The van der Waals surface area contributed by atoms with E-state index in [2.05, 4.69) is 36.5 Å². The number of fused-ring (bicyclic) bond motifs is 1. The highest BCUT2D eigenvalue weighted by Gasteiger charge is 2.23. The van der Waals surface area contributed by atoms with Gasteiger partial charge in [-0.3, -0.25) is 0 Å². The van der Waals surface area contributed by atoms with Crippen molar-refractivity contribution in [2.24, 2.45) is 0 Å². The molecule has 2 aromatic carbocycles. The summed E-state index contributed by atoms with van der Waals surface area (Å²) in [7, 11) is 0. The van der Waals surface area contributed by atoms with E-state index in [0.717, 1.165) is 60.6 Å². The lowest BCUT2D eigenvalue weighted by molar-refractivity contribution is 0.628. The van der Waals surface area contributed by atoms with Crippen molar-refractivity contribution in [2.45, 2.75) is 32.6 Å². The smallest absolute Gasteiger partial charge is 0.133 e. The normalized spacial score (nSPS) is 13.8. The van der Waals surface area contributed by atoms with Crippen LogP contribution in [0.5, 0.6) is 0 Å². The topological polar surface area (TPSA) is 29.9 Å². The SMILES string of the molecule is CCc1ccc(-n2nc(-c3ccc(F)cc3Cl)c3c2NCCCC3)cc1. The highest BCUT2D eigenvalue weighted by molar-refractivity contribution is 6.33. The first-order valence-corrected chi connectivity index (χ1v) is 9.45. The van der Waals surface area contributed by atoms with Crippen LogP contribution in [0.25, 0.3) is 16.9 Å². The number of hydrogen-bond acceptors (Lipinski definition) is 2. The third-order valence-electron chi connectivity index (χ3n) is 4.90. The fraction of sp³-hybridized carbons (Fsp3) is 0.286. The van der Waals surface area contributed by atoms with Gasteiger partial charge in [0.05, 0.1) is 16.4 Å². The summed E-state index contributed by atoms with van der Waals surface area (Å²) >= 11 is 6.33. The first-order valence-electron chi connectivity index (χ1n) is 9.08. The van der Waals surface area contributed by atoms with E-state index in [9.17, 15) is 4.39 Å². The number of benzene rings is 2. The molecule has 3 aromatic rings. The van der Waals surface area contributed by atoms with E-state index in [1.54, 1.807) is 6.07 Å². The van der Waals surface area contributed by atoms with Gasteiger partial charge in [0.2, 0.25) is 0 Å². The molecule has 0 aliphatic carbocycles. The lowest BCUT2D eigenvalue weighted by atomic mass is 10.0. The largest absolute Gasteiger partial charge is 0.370 e. The summed E-state index contributed by atoms with van der Waals surface area (Å²) in [4.78, 5) is 0. The van der Waals surface area contributed by atoms with Crippen LogP contribution in [0.4, 0.5) is 10.2 Å². The minimum Gasteiger partial charge on any atom is -0.370 e. The maximum absolute atomic E-state index is 13.5. The van der Waals surface area contributed by atoms with Crippen molar-refractivity contribution >= 4 is 17.4 Å². The summed E-state index contributed by atoms with van der Waals surface area (Å²) in [6, 6.07) is 12.9. The van der Waals surface area contributed by atoms with E-state index in [1.165, 1.54) is 17.7 Å². The van der Waals surface area contributed by atoms with Crippen molar-refractivity contribution in [3.63, 3.8) is 0 Å². The lowest BCUT2D eigenvalue weighted by Crippen LogP contribution is -2.07. The molecule has 3 nitrogen and oxygen atoms in total. The summed E-state index contributed by atoms with van der Waals surface area (Å²) in [6.07, 6.45) is 4.14. The van der Waals surface area contributed by atoms with Crippen molar-refractivity contribution in [1.82, 2.24) is 9.78 Å². The standard InChI is InChI=1S/C21H21ClFN3/c1-2-14-6-9-16(10-7-14)26-21-18(5-3-4-12-24-21)20(25-26)17-11-8-15(23)13-19(17)22/h6-11,13,24H,2-5,12H2,1H3. The zero-order valence-corrected chi connectivity index (χ0v) is 15.5. The van der Waals surface area contributed by atoms with Gasteiger partial charge in [-0.05, 0) is 61.6 Å². The predicted molar refractivity (Wildman–Crippen MR) is 105 cm³/mol. The van der Waals surface area contributed by atoms with E-state index in [-0.39, 0.29) is 5.82 Å².